The SMILES string of the molecule is CC(C)CCC[C@@H](C)[C@H]1CC[C@H]2[C@@H]3CC=C4C[C@@H](O)CC(NC(N)=O)[C@]4(C)[C@H]3CC[C@]12C. The number of rotatable bonds is 6. The largest absolute Gasteiger partial charge is 0.393 e. The average molecular weight is 445 g/mol. The molecule has 0 aromatic heterocycles. The summed E-state index contributed by atoms with van der Waals surface area (Å²) in [5.41, 5.74) is 7.34. The van der Waals surface area contributed by atoms with Gasteiger partial charge in [-0.05, 0) is 85.9 Å². The van der Waals surface area contributed by atoms with Crippen LogP contribution in [0.4, 0.5) is 4.79 Å². The predicted molar refractivity (Wildman–Crippen MR) is 131 cm³/mol. The van der Waals surface area contributed by atoms with Crippen molar-refractivity contribution >= 4 is 6.03 Å². The summed E-state index contributed by atoms with van der Waals surface area (Å²) in [5.74, 6) is 4.55. The highest BCUT2D eigenvalue weighted by molar-refractivity contribution is 5.72. The normalized spacial score (nSPS) is 44.3. The minimum atomic E-state index is -0.455. The van der Waals surface area contributed by atoms with Crippen LogP contribution in [0.3, 0.4) is 0 Å². The second-order valence-electron chi connectivity index (χ2n) is 12.8. The van der Waals surface area contributed by atoms with E-state index in [1.807, 2.05) is 0 Å². The highest BCUT2D eigenvalue weighted by atomic mass is 16.3. The maximum absolute atomic E-state index is 11.8. The zero-order valence-electron chi connectivity index (χ0n) is 21.2. The molecule has 4 nitrogen and oxygen atoms in total. The zero-order chi connectivity index (χ0) is 23.3. The summed E-state index contributed by atoms with van der Waals surface area (Å²) in [4.78, 5) is 11.8. The molecule has 3 saturated carbocycles. The quantitative estimate of drug-likeness (QED) is 0.437. The van der Waals surface area contributed by atoms with Gasteiger partial charge < -0.3 is 16.2 Å². The Hall–Kier alpha value is -1.03. The minimum Gasteiger partial charge on any atom is -0.393 e. The number of nitrogens with two attached hydrogens (primary N) is 1. The molecule has 4 aliphatic carbocycles. The Morgan fingerprint density at radius 2 is 1.94 bits per heavy atom. The molecular weight excluding hydrogens is 396 g/mol. The smallest absolute Gasteiger partial charge is 0.312 e. The molecule has 0 saturated heterocycles. The first kappa shape index (κ1) is 24.1. The fourth-order valence-corrected chi connectivity index (χ4v) is 9.14. The number of primary amides is 1. The van der Waals surface area contributed by atoms with Crippen molar-refractivity contribution in [3.63, 3.8) is 0 Å². The Morgan fingerprint density at radius 3 is 2.62 bits per heavy atom. The third-order valence-corrected chi connectivity index (χ3v) is 10.7. The molecule has 32 heavy (non-hydrogen) atoms. The van der Waals surface area contributed by atoms with Crippen LogP contribution in [0.2, 0.25) is 0 Å². The van der Waals surface area contributed by atoms with Crippen LogP contribution in [0.1, 0.15) is 98.8 Å². The number of fused-ring (bicyclic) bond motifs is 5. The maximum Gasteiger partial charge on any atom is 0.312 e. The Balaban J connectivity index is 1.55. The van der Waals surface area contributed by atoms with Crippen LogP contribution < -0.4 is 11.1 Å². The molecule has 182 valence electrons. The number of hydrogen-bond donors (Lipinski definition) is 3. The molecule has 9 atom stereocenters. The van der Waals surface area contributed by atoms with Gasteiger partial charge in [-0.1, -0.05) is 65.5 Å². The number of hydrogen-bond acceptors (Lipinski definition) is 2. The minimum absolute atomic E-state index is 0.0562. The lowest BCUT2D eigenvalue weighted by Crippen LogP contribution is -2.60. The van der Waals surface area contributed by atoms with Gasteiger partial charge in [0.15, 0.2) is 0 Å². The number of nitrogens with one attached hydrogen (secondary N) is 1. The van der Waals surface area contributed by atoms with Gasteiger partial charge in [0.1, 0.15) is 0 Å². The summed E-state index contributed by atoms with van der Waals surface area (Å²) in [6.07, 6.45) is 14.0. The summed E-state index contributed by atoms with van der Waals surface area (Å²) in [6, 6.07) is -0.511. The second-order valence-corrected chi connectivity index (χ2v) is 12.8. The Bertz CT molecular complexity index is 733. The lowest BCUT2D eigenvalue weighted by molar-refractivity contribution is -0.0670. The second kappa shape index (κ2) is 8.96. The highest BCUT2D eigenvalue weighted by Crippen LogP contribution is 2.67. The molecule has 0 bridgehead atoms. The van der Waals surface area contributed by atoms with Crippen molar-refractivity contribution in [1.29, 1.82) is 0 Å². The first-order valence-electron chi connectivity index (χ1n) is 13.5. The fraction of sp³-hybridized carbons (Fsp3) is 0.893. The van der Waals surface area contributed by atoms with Crippen LogP contribution in [0.5, 0.6) is 0 Å². The van der Waals surface area contributed by atoms with E-state index in [0.29, 0.717) is 23.7 Å². The van der Waals surface area contributed by atoms with E-state index in [0.717, 1.165) is 36.5 Å². The molecule has 0 spiro atoms. The summed E-state index contributed by atoms with van der Waals surface area (Å²) in [5, 5.41) is 13.6. The van der Waals surface area contributed by atoms with Crippen molar-refractivity contribution in [2.75, 3.05) is 0 Å². The lowest BCUT2D eigenvalue weighted by Gasteiger charge is -2.60. The first-order valence-corrected chi connectivity index (χ1v) is 13.5. The molecule has 0 aromatic carbocycles. The van der Waals surface area contributed by atoms with Gasteiger partial charge in [-0.2, -0.15) is 0 Å². The van der Waals surface area contributed by atoms with E-state index in [2.05, 4.69) is 46.0 Å². The fourth-order valence-electron chi connectivity index (χ4n) is 9.14. The summed E-state index contributed by atoms with van der Waals surface area (Å²) >= 11 is 0. The van der Waals surface area contributed by atoms with E-state index in [-0.39, 0.29) is 17.6 Å². The Kier molecular flexibility index (Phi) is 6.75. The van der Waals surface area contributed by atoms with E-state index in [1.54, 1.807) is 0 Å². The van der Waals surface area contributed by atoms with Crippen molar-refractivity contribution in [3.05, 3.63) is 11.6 Å². The van der Waals surface area contributed by atoms with Gasteiger partial charge in [-0.25, -0.2) is 4.79 Å². The summed E-state index contributed by atoms with van der Waals surface area (Å²) < 4.78 is 0. The molecule has 2 amide bonds. The zero-order valence-corrected chi connectivity index (χ0v) is 21.2. The molecule has 1 unspecified atom stereocenters. The summed E-state index contributed by atoms with van der Waals surface area (Å²) in [6.45, 7) is 12.2. The van der Waals surface area contributed by atoms with Crippen LogP contribution in [0.15, 0.2) is 11.6 Å². The molecule has 4 rings (SSSR count). The van der Waals surface area contributed by atoms with Gasteiger partial charge in [-0.3, -0.25) is 0 Å². The van der Waals surface area contributed by atoms with Gasteiger partial charge in [0, 0.05) is 11.5 Å². The molecule has 0 radical (unpaired) electrons. The first-order chi connectivity index (χ1) is 15.1. The molecule has 3 fully saturated rings. The van der Waals surface area contributed by atoms with Crippen LogP contribution in [0.25, 0.3) is 0 Å². The number of amides is 2. The lowest BCUT2D eigenvalue weighted by atomic mass is 9.46. The van der Waals surface area contributed by atoms with Gasteiger partial charge in [-0.15, -0.1) is 0 Å². The van der Waals surface area contributed by atoms with Crippen molar-refractivity contribution in [2.24, 2.45) is 52.1 Å². The van der Waals surface area contributed by atoms with E-state index in [1.165, 1.54) is 50.5 Å². The predicted octanol–water partition coefficient (Wildman–Crippen LogP) is 6.04. The van der Waals surface area contributed by atoms with Crippen LogP contribution in [-0.2, 0) is 0 Å². The molecule has 0 aliphatic heterocycles. The third kappa shape index (κ3) is 4.03. The van der Waals surface area contributed by atoms with Crippen LogP contribution in [-0.4, -0.2) is 23.3 Å². The number of carbonyl (C=O) groups is 1. The van der Waals surface area contributed by atoms with Crippen LogP contribution >= 0.6 is 0 Å². The van der Waals surface area contributed by atoms with Gasteiger partial charge >= 0.3 is 6.03 Å². The molecule has 4 aliphatic rings. The molecule has 4 N–H and O–H groups in total. The molecule has 0 heterocycles. The van der Waals surface area contributed by atoms with Gasteiger partial charge in [0.25, 0.3) is 0 Å². The van der Waals surface area contributed by atoms with Crippen molar-refractivity contribution in [1.82, 2.24) is 5.32 Å². The molecular formula is C28H48N2O2. The van der Waals surface area contributed by atoms with E-state index in [9.17, 15) is 9.90 Å². The van der Waals surface area contributed by atoms with Crippen molar-refractivity contribution in [2.45, 2.75) is 111 Å². The number of urea groups is 1. The average Bonchev–Trinajstić information content (AvgIpc) is 3.05. The number of carbonyl (C=O) groups excluding carboxylic acids is 1. The van der Waals surface area contributed by atoms with E-state index < -0.39 is 6.03 Å². The van der Waals surface area contributed by atoms with E-state index in [4.69, 9.17) is 5.73 Å². The standard InChI is InChI=1S/C28H48N2O2/c1-17(2)7-6-8-18(3)22-11-12-23-21-10-9-19-15-20(31)16-25(30-26(29)32)28(19,5)24(21)13-14-27(22,23)4/h9,17-18,20-25,31H,6-8,10-16H2,1-5H3,(H3,29,30,32)/t18-,20-,21+,22-,23+,24+,25?,27-,28+/m1/s1. The van der Waals surface area contributed by atoms with Crippen molar-refractivity contribution in [3.8, 4) is 0 Å². The maximum atomic E-state index is 11.8. The Labute approximate surface area is 196 Å². The third-order valence-electron chi connectivity index (χ3n) is 10.7. The monoisotopic (exact) mass is 444 g/mol. The molecule has 4 heteroatoms. The van der Waals surface area contributed by atoms with Crippen LogP contribution in [0, 0.1) is 46.3 Å². The molecule has 0 aromatic rings. The van der Waals surface area contributed by atoms with Gasteiger partial charge in [0.2, 0.25) is 0 Å². The summed E-state index contributed by atoms with van der Waals surface area (Å²) in [7, 11) is 0. The van der Waals surface area contributed by atoms with Crippen molar-refractivity contribution < 1.29 is 9.90 Å². The number of aliphatic hydroxyl groups excluding tert-OH is 1. The van der Waals surface area contributed by atoms with E-state index >= 15 is 0 Å². The number of allylic oxidation sites excluding steroid dienone is 1. The van der Waals surface area contributed by atoms with Gasteiger partial charge in [0.05, 0.1) is 6.10 Å². The Morgan fingerprint density at radius 1 is 1.19 bits per heavy atom. The number of aliphatic hydroxyl groups is 1. The topological polar surface area (TPSA) is 75.3 Å². The highest BCUT2D eigenvalue weighted by Gasteiger charge is 2.61.